The lowest BCUT2D eigenvalue weighted by Gasteiger charge is -1.85. The first-order valence-corrected chi connectivity index (χ1v) is 3.01. The number of aromatic nitrogens is 3. The van der Waals surface area contributed by atoms with Crippen LogP contribution in [-0.4, -0.2) is 25.7 Å². The summed E-state index contributed by atoms with van der Waals surface area (Å²) in [5, 5.41) is 19.0. The van der Waals surface area contributed by atoms with Gasteiger partial charge in [0.25, 0.3) is 0 Å². The van der Waals surface area contributed by atoms with E-state index in [9.17, 15) is 0 Å². The Morgan fingerprint density at radius 1 is 1.70 bits per heavy atom. The third kappa shape index (κ3) is 0.541. The van der Waals surface area contributed by atoms with E-state index in [1.54, 1.807) is 6.33 Å². The smallest absolute Gasteiger partial charge is 0.181 e. The van der Waals surface area contributed by atoms with E-state index in [0.717, 1.165) is 13.0 Å². The summed E-state index contributed by atoms with van der Waals surface area (Å²) >= 11 is 0. The fraction of sp³-hybridized carbons (Fsp3) is 0.400. The topological polar surface area (TPSA) is 63.3 Å². The molecule has 0 spiro atoms. The molecule has 5 heteroatoms. The van der Waals surface area contributed by atoms with Gasteiger partial charge in [-0.25, -0.2) is 0 Å². The molecule has 2 rings (SSSR count). The van der Waals surface area contributed by atoms with Crippen molar-refractivity contribution in [2.75, 3.05) is 0 Å². The number of hydrogen-bond donors (Lipinski definition) is 1. The minimum Gasteiger partial charge on any atom is -0.411 e. The number of rotatable bonds is 0. The van der Waals surface area contributed by atoms with Gasteiger partial charge in [-0.3, -0.25) is 0 Å². The van der Waals surface area contributed by atoms with Gasteiger partial charge in [-0.1, -0.05) is 5.16 Å². The molecule has 0 fully saturated rings. The van der Waals surface area contributed by atoms with Gasteiger partial charge < -0.3 is 9.77 Å². The van der Waals surface area contributed by atoms with Gasteiger partial charge in [0.1, 0.15) is 12.0 Å². The van der Waals surface area contributed by atoms with Crippen molar-refractivity contribution < 1.29 is 5.21 Å². The molecule has 0 unspecified atom stereocenters. The van der Waals surface area contributed by atoms with E-state index in [4.69, 9.17) is 5.21 Å². The summed E-state index contributed by atoms with van der Waals surface area (Å²) in [5.41, 5.74) is 0.623. The highest BCUT2D eigenvalue weighted by Gasteiger charge is 2.19. The van der Waals surface area contributed by atoms with Crippen molar-refractivity contribution in [2.45, 2.75) is 13.0 Å². The van der Waals surface area contributed by atoms with Gasteiger partial charge in [-0.15, -0.1) is 10.2 Å². The zero-order valence-electron chi connectivity index (χ0n) is 5.23. The molecule has 2 heterocycles. The molecule has 10 heavy (non-hydrogen) atoms. The van der Waals surface area contributed by atoms with Crippen LogP contribution in [-0.2, 0) is 6.54 Å². The Labute approximate surface area is 57.0 Å². The monoisotopic (exact) mass is 138 g/mol. The lowest BCUT2D eigenvalue weighted by molar-refractivity contribution is 0.318. The Balaban J connectivity index is 2.53. The van der Waals surface area contributed by atoms with Gasteiger partial charge in [-0.2, -0.15) is 0 Å². The summed E-state index contributed by atoms with van der Waals surface area (Å²) in [4.78, 5) is 0. The van der Waals surface area contributed by atoms with E-state index in [-0.39, 0.29) is 0 Å². The van der Waals surface area contributed by atoms with E-state index in [1.165, 1.54) is 0 Å². The molecule has 0 atom stereocenters. The van der Waals surface area contributed by atoms with Crippen LogP contribution in [0.15, 0.2) is 11.5 Å². The van der Waals surface area contributed by atoms with Crippen molar-refractivity contribution in [2.24, 2.45) is 5.16 Å². The molecular weight excluding hydrogens is 132 g/mol. The van der Waals surface area contributed by atoms with Crippen LogP contribution in [0.4, 0.5) is 0 Å². The van der Waals surface area contributed by atoms with Gasteiger partial charge in [0.15, 0.2) is 5.82 Å². The van der Waals surface area contributed by atoms with Crippen molar-refractivity contribution in [1.82, 2.24) is 14.8 Å². The molecule has 1 aliphatic heterocycles. The highest BCUT2D eigenvalue weighted by atomic mass is 16.4. The van der Waals surface area contributed by atoms with Gasteiger partial charge in [-0.05, 0) is 0 Å². The Kier molecular flexibility index (Phi) is 0.969. The second-order valence-corrected chi connectivity index (χ2v) is 2.14. The standard InChI is InChI=1S/C5H6N4O/c10-8-4-1-2-9-3-6-7-5(4)9/h3,10H,1-2H2/b8-4+. The summed E-state index contributed by atoms with van der Waals surface area (Å²) in [6.45, 7) is 0.821. The van der Waals surface area contributed by atoms with Gasteiger partial charge >= 0.3 is 0 Å². The van der Waals surface area contributed by atoms with Crippen LogP contribution >= 0.6 is 0 Å². The first-order valence-electron chi connectivity index (χ1n) is 3.01. The van der Waals surface area contributed by atoms with Crippen LogP contribution in [0.1, 0.15) is 12.2 Å². The average molecular weight is 138 g/mol. The number of oxime groups is 1. The molecule has 0 radical (unpaired) electrons. The zero-order valence-corrected chi connectivity index (χ0v) is 5.23. The molecule has 5 nitrogen and oxygen atoms in total. The maximum Gasteiger partial charge on any atom is 0.181 e. The van der Waals surface area contributed by atoms with Crippen LogP contribution in [0.3, 0.4) is 0 Å². The largest absolute Gasteiger partial charge is 0.411 e. The average Bonchev–Trinajstić information content (AvgIpc) is 2.44. The summed E-state index contributed by atoms with van der Waals surface area (Å²) in [6, 6.07) is 0. The first kappa shape index (κ1) is 5.40. The Morgan fingerprint density at radius 2 is 2.60 bits per heavy atom. The normalized spacial score (nSPS) is 19.8. The predicted molar refractivity (Wildman–Crippen MR) is 33.0 cm³/mol. The number of hydrogen-bond acceptors (Lipinski definition) is 4. The van der Waals surface area contributed by atoms with Gasteiger partial charge in [0.05, 0.1) is 0 Å². The lowest BCUT2D eigenvalue weighted by Crippen LogP contribution is -1.96. The molecule has 1 aromatic rings. The minimum absolute atomic E-state index is 0.623. The molecule has 1 N–H and O–H groups in total. The molecule has 1 aliphatic rings. The van der Waals surface area contributed by atoms with E-state index in [2.05, 4.69) is 15.4 Å². The Morgan fingerprint density at radius 3 is 3.40 bits per heavy atom. The van der Waals surface area contributed by atoms with E-state index in [1.807, 2.05) is 4.57 Å². The quantitative estimate of drug-likeness (QED) is 0.401. The van der Waals surface area contributed by atoms with Crippen LogP contribution in [0.25, 0.3) is 0 Å². The molecule has 0 aliphatic carbocycles. The third-order valence-electron chi connectivity index (χ3n) is 1.58. The maximum absolute atomic E-state index is 8.44. The molecule has 0 bridgehead atoms. The van der Waals surface area contributed by atoms with E-state index < -0.39 is 0 Å². The van der Waals surface area contributed by atoms with Crippen molar-refractivity contribution >= 4 is 5.71 Å². The number of fused-ring (bicyclic) bond motifs is 1. The molecule has 0 saturated heterocycles. The summed E-state index contributed by atoms with van der Waals surface area (Å²) < 4.78 is 1.86. The number of aryl methyl sites for hydroxylation is 1. The third-order valence-corrected chi connectivity index (χ3v) is 1.58. The van der Waals surface area contributed by atoms with Gasteiger partial charge in [0.2, 0.25) is 0 Å². The molecule has 1 aromatic heterocycles. The molecule has 0 amide bonds. The molecule has 52 valence electrons. The summed E-state index contributed by atoms with van der Waals surface area (Å²) in [5.74, 6) is 0.683. The van der Waals surface area contributed by atoms with Crippen molar-refractivity contribution in [3.8, 4) is 0 Å². The predicted octanol–water partition coefficient (Wildman–Crippen LogP) is -0.140. The second-order valence-electron chi connectivity index (χ2n) is 2.14. The Hall–Kier alpha value is -1.39. The minimum atomic E-state index is 0.623. The SMILES string of the molecule is O/N=C1\CCn2cnnc21. The van der Waals surface area contributed by atoms with Crippen LogP contribution in [0.5, 0.6) is 0 Å². The molecule has 0 saturated carbocycles. The van der Waals surface area contributed by atoms with E-state index in [0.29, 0.717) is 11.5 Å². The van der Waals surface area contributed by atoms with Crippen molar-refractivity contribution in [3.63, 3.8) is 0 Å². The van der Waals surface area contributed by atoms with Crippen LogP contribution in [0.2, 0.25) is 0 Å². The van der Waals surface area contributed by atoms with Crippen LogP contribution in [0, 0.1) is 0 Å². The lowest BCUT2D eigenvalue weighted by atomic mass is 10.3. The van der Waals surface area contributed by atoms with E-state index >= 15 is 0 Å². The first-order chi connectivity index (χ1) is 4.92. The maximum atomic E-state index is 8.44. The Bertz CT molecular complexity index is 277. The fourth-order valence-corrected chi connectivity index (χ4v) is 1.07. The van der Waals surface area contributed by atoms with Gasteiger partial charge in [0, 0.05) is 13.0 Å². The number of nitrogens with zero attached hydrogens (tertiary/aromatic N) is 4. The summed E-state index contributed by atoms with van der Waals surface area (Å²) in [7, 11) is 0. The fourth-order valence-electron chi connectivity index (χ4n) is 1.07. The van der Waals surface area contributed by atoms with Crippen LogP contribution < -0.4 is 0 Å². The molecular formula is C5H6N4O. The highest BCUT2D eigenvalue weighted by Crippen LogP contribution is 2.10. The zero-order chi connectivity index (χ0) is 6.97. The van der Waals surface area contributed by atoms with Crippen molar-refractivity contribution in [1.29, 1.82) is 0 Å². The second kappa shape index (κ2) is 1.80. The highest BCUT2D eigenvalue weighted by molar-refractivity contribution is 5.98. The van der Waals surface area contributed by atoms with Crippen molar-refractivity contribution in [3.05, 3.63) is 12.2 Å². The summed E-state index contributed by atoms with van der Waals surface area (Å²) in [6.07, 6.45) is 2.38. The molecule has 0 aromatic carbocycles.